The highest BCUT2D eigenvalue weighted by molar-refractivity contribution is 5.96. The summed E-state index contributed by atoms with van der Waals surface area (Å²) in [4.78, 5) is 11.7. The minimum atomic E-state index is -0.146. The van der Waals surface area contributed by atoms with Crippen molar-refractivity contribution < 1.29 is 9.32 Å². The Morgan fingerprint density at radius 3 is 2.73 bits per heavy atom. The predicted octanol–water partition coefficient (Wildman–Crippen LogP) is 0.759. The number of aromatic nitrogens is 1. The van der Waals surface area contributed by atoms with E-state index in [1.54, 1.807) is 13.8 Å². The van der Waals surface area contributed by atoms with E-state index in [1.807, 2.05) is 6.92 Å². The Balaban J connectivity index is 2.54. The maximum absolute atomic E-state index is 11.7. The minimum Gasteiger partial charge on any atom is -0.361 e. The lowest BCUT2D eigenvalue weighted by Gasteiger charge is -2.06. The summed E-state index contributed by atoms with van der Waals surface area (Å²) in [5.41, 5.74) is 6.72. The number of nitrogens with two attached hydrogens (primary N) is 1. The van der Waals surface area contributed by atoms with Crippen LogP contribution in [0.15, 0.2) is 4.52 Å². The molecular formula is C10H17N3O2. The molecule has 0 aromatic carbocycles. The number of rotatable bonds is 4. The zero-order valence-electron chi connectivity index (χ0n) is 9.33. The maximum Gasteiger partial charge on any atom is 0.256 e. The van der Waals surface area contributed by atoms with Gasteiger partial charge in [-0.3, -0.25) is 4.79 Å². The van der Waals surface area contributed by atoms with Crippen molar-refractivity contribution >= 4 is 5.91 Å². The summed E-state index contributed by atoms with van der Waals surface area (Å²) < 4.78 is 4.91. The van der Waals surface area contributed by atoms with Crippen molar-refractivity contribution in [3.05, 3.63) is 17.0 Å². The average molecular weight is 211 g/mol. The van der Waals surface area contributed by atoms with Crippen molar-refractivity contribution in [3.63, 3.8) is 0 Å². The van der Waals surface area contributed by atoms with E-state index in [0.29, 0.717) is 23.6 Å². The molecule has 1 rings (SSSR count). The molecule has 3 N–H and O–H groups in total. The van der Waals surface area contributed by atoms with Gasteiger partial charge in [-0.25, -0.2) is 0 Å². The highest BCUT2D eigenvalue weighted by Gasteiger charge is 2.16. The second-order valence-electron chi connectivity index (χ2n) is 3.72. The summed E-state index contributed by atoms with van der Waals surface area (Å²) in [6, 6.07) is 0.0926. The summed E-state index contributed by atoms with van der Waals surface area (Å²) in [7, 11) is 0. The van der Waals surface area contributed by atoms with Crippen LogP contribution in [0.5, 0.6) is 0 Å². The van der Waals surface area contributed by atoms with Crippen LogP contribution in [-0.4, -0.2) is 23.7 Å². The number of nitrogens with one attached hydrogen (secondary N) is 1. The molecular weight excluding hydrogens is 194 g/mol. The Bertz CT molecular complexity index is 325. The van der Waals surface area contributed by atoms with Gasteiger partial charge in [-0.15, -0.1) is 0 Å². The number of carbonyl (C=O) groups is 1. The molecule has 0 fully saturated rings. The Morgan fingerprint density at radius 1 is 1.60 bits per heavy atom. The molecule has 0 radical (unpaired) electrons. The summed E-state index contributed by atoms with van der Waals surface area (Å²) in [5.74, 6) is 0.401. The number of carbonyl (C=O) groups excluding carboxylic acids is 1. The molecule has 5 nitrogen and oxygen atoms in total. The predicted molar refractivity (Wildman–Crippen MR) is 56.6 cm³/mol. The van der Waals surface area contributed by atoms with Crippen molar-refractivity contribution in [2.75, 3.05) is 6.54 Å². The largest absolute Gasteiger partial charge is 0.361 e. The normalized spacial score (nSPS) is 12.5. The summed E-state index contributed by atoms with van der Waals surface area (Å²) in [6.45, 7) is 5.94. The van der Waals surface area contributed by atoms with Crippen molar-refractivity contribution in [2.24, 2.45) is 5.73 Å². The molecule has 1 aromatic rings. The van der Waals surface area contributed by atoms with Crippen molar-refractivity contribution in [1.82, 2.24) is 10.5 Å². The van der Waals surface area contributed by atoms with Crippen molar-refractivity contribution in [2.45, 2.75) is 33.2 Å². The first-order valence-electron chi connectivity index (χ1n) is 4.99. The first kappa shape index (κ1) is 11.7. The molecule has 0 saturated carbocycles. The topological polar surface area (TPSA) is 81.2 Å². The van der Waals surface area contributed by atoms with Gasteiger partial charge in [-0.05, 0) is 27.2 Å². The van der Waals surface area contributed by atoms with Gasteiger partial charge in [0.2, 0.25) is 0 Å². The van der Waals surface area contributed by atoms with Gasteiger partial charge in [0.1, 0.15) is 11.3 Å². The van der Waals surface area contributed by atoms with Gasteiger partial charge < -0.3 is 15.6 Å². The molecule has 0 aliphatic carbocycles. The summed E-state index contributed by atoms with van der Waals surface area (Å²) in [5, 5.41) is 6.50. The first-order chi connectivity index (χ1) is 7.02. The third kappa shape index (κ3) is 3.06. The SMILES string of the molecule is Cc1noc(C)c1C(=O)NCCC(C)N. The van der Waals surface area contributed by atoms with Crippen molar-refractivity contribution in [1.29, 1.82) is 0 Å². The van der Waals surface area contributed by atoms with E-state index >= 15 is 0 Å². The third-order valence-electron chi connectivity index (χ3n) is 2.15. The quantitative estimate of drug-likeness (QED) is 0.770. The van der Waals surface area contributed by atoms with Gasteiger partial charge in [0.15, 0.2) is 0 Å². The molecule has 5 heteroatoms. The minimum absolute atomic E-state index is 0.0926. The van der Waals surface area contributed by atoms with Gasteiger partial charge in [-0.2, -0.15) is 0 Å². The Hall–Kier alpha value is -1.36. The van der Waals surface area contributed by atoms with Crippen LogP contribution < -0.4 is 11.1 Å². The Morgan fingerprint density at radius 2 is 2.27 bits per heavy atom. The van der Waals surface area contributed by atoms with Crippen LogP contribution >= 0.6 is 0 Å². The monoisotopic (exact) mass is 211 g/mol. The first-order valence-corrected chi connectivity index (χ1v) is 4.99. The molecule has 0 aliphatic rings. The smallest absolute Gasteiger partial charge is 0.256 e. The van der Waals surface area contributed by atoms with Gasteiger partial charge in [0.05, 0.1) is 5.69 Å². The average Bonchev–Trinajstić information content (AvgIpc) is 2.45. The van der Waals surface area contributed by atoms with Crippen molar-refractivity contribution in [3.8, 4) is 0 Å². The van der Waals surface area contributed by atoms with E-state index in [1.165, 1.54) is 0 Å². The lowest BCUT2D eigenvalue weighted by atomic mass is 10.2. The van der Waals surface area contributed by atoms with E-state index in [4.69, 9.17) is 10.3 Å². The van der Waals surface area contributed by atoms with Crippen LogP contribution in [0.2, 0.25) is 0 Å². The number of aryl methyl sites for hydroxylation is 2. The molecule has 1 atom stereocenters. The zero-order valence-corrected chi connectivity index (χ0v) is 9.33. The van der Waals surface area contributed by atoms with E-state index in [9.17, 15) is 4.79 Å². The lowest BCUT2D eigenvalue weighted by Crippen LogP contribution is -2.29. The summed E-state index contributed by atoms with van der Waals surface area (Å²) in [6.07, 6.45) is 0.759. The van der Waals surface area contributed by atoms with E-state index < -0.39 is 0 Å². The molecule has 1 unspecified atom stereocenters. The number of hydrogen-bond donors (Lipinski definition) is 2. The lowest BCUT2D eigenvalue weighted by molar-refractivity contribution is 0.0951. The van der Waals surface area contributed by atoms with Gasteiger partial charge >= 0.3 is 0 Å². The van der Waals surface area contributed by atoms with Crippen LogP contribution in [-0.2, 0) is 0 Å². The molecule has 0 bridgehead atoms. The molecule has 84 valence electrons. The number of amides is 1. The maximum atomic E-state index is 11.7. The molecule has 15 heavy (non-hydrogen) atoms. The molecule has 0 saturated heterocycles. The van der Waals surface area contributed by atoms with Crippen LogP contribution in [0.4, 0.5) is 0 Å². The second kappa shape index (κ2) is 4.93. The van der Waals surface area contributed by atoms with Crippen LogP contribution in [0.1, 0.15) is 35.2 Å². The van der Waals surface area contributed by atoms with Crippen LogP contribution in [0.3, 0.4) is 0 Å². The fourth-order valence-electron chi connectivity index (χ4n) is 1.31. The van der Waals surface area contributed by atoms with E-state index in [2.05, 4.69) is 10.5 Å². The standard InChI is InChI=1S/C10H17N3O2/c1-6(11)4-5-12-10(14)9-7(2)13-15-8(9)3/h6H,4-5,11H2,1-3H3,(H,12,14). The number of hydrogen-bond acceptors (Lipinski definition) is 4. The molecule has 0 spiro atoms. The third-order valence-corrected chi connectivity index (χ3v) is 2.15. The fraction of sp³-hybridized carbons (Fsp3) is 0.600. The Kier molecular flexibility index (Phi) is 3.85. The molecule has 1 heterocycles. The highest BCUT2D eigenvalue weighted by atomic mass is 16.5. The fourth-order valence-corrected chi connectivity index (χ4v) is 1.31. The van der Waals surface area contributed by atoms with Crippen LogP contribution in [0.25, 0.3) is 0 Å². The zero-order chi connectivity index (χ0) is 11.4. The molecule has 1 amide bonds. The Labute approximate surface area is 89.0 Å². The second-order valence-corrected chi connectivity index (χ2v) is 3.72. The van der Waals surface area contributed by atoms with E-state index in [0.717, 1.165) is 6.42 Å². The van der Waals surface area contributed by atoms with Gasteiger partial charge in [0.25, 0.3) is 5.91 Å². The van der Waals surface area contributed by atoms with E-state index in [-0.39, 0.29) is 11.9 Å². The van der Waals surface area contributed by atoms with Gasteiger partial charge in [-0.1, -0.05) is 5.16 Å². The van der Waals surface area contributed by atoms with Crippen LogP contribution in [0, 0.1) is 13.8 Å². The molecule has 0 aliphatic heterocycles. The highest BCUT2D eigenvalue weighted by Crippen LogP contribution is 2.11. The molecule has 1 aromatic heterocycles. The number of nitrogens with zero attached hydrogens (tertiary/aromatic N) is 1. The summed E-state index contributed by atoms with van der Waals surface area (Å²) >= 11 is 0. The van der Waals surface area contributed by atoms with Gasteiger partial charge in [0, 0.05) is 12.6 Å².